The fraction of sp³-hybridized carbons (Fsp3) is 0.533. The van der Waals surface area contributed by atoms with Crippen molar-refractivity contribution in [3.05, 3.63) is 17.5 Å². The highest BCUT2D eigenvalue weighted by molar-refractivity contribution is 7.19. The number of ether oxygens (including phenoxy) is 1. The summed E-state index contributed by atoms with van der Waals surface area (Å²) in [5.41, 5.74) is 6.43. The van der Waals surface area contributed by atoms with Gasteiger partial charge in [0.2, 0.25) is 0 Å². The van der Waals surface area contributed by atoms with E-state index >= 15 is 0 Å². The lowest BCUT2D eigenvalue weighted by Crippen LogP contribution is -2.23. The first kappa shape index (κ1) is 15.7. The van der Waals surface area contributed by atoms with Gasteiger partial charge in [-0.3, -0.25) is 4.79 Å². The van der Waals surface area contributed by atoms with Crippen LogP contribution in [-0.2, 0) is 0 Å². The number of rotatable bonds is 7. The lowest BCUT2D eigenvalue weighted by Gasteiger charge is -2.11. The highest BCUT2D eigenvalue weighted by Gasteiger charge is 2.22. The Kier molecular flexibility index (Phi) is 5.50. The summed E-state index contributed by atoms with van der Waals surface area (Å²) in [6.07, 6.45) is 6.79. The zero-order valence-corrected chi connectivity index (χ0v) is 13.2. The van der Waals surface area contributed by atoms with Crippen molar-refractivity contribution < 1.29 is 9.53 Å². The van der Waals surface area contributed by atoms with Crippen molar-refractivity contribution in [2.75, 3.05) is 31.2 Å². The second-order valence-electron chi connectivity index (χ2n) is 5.24. The van der Waals surface area contributed by atoms with E-state index in [-0.39, 0.29) is 5.91 Å². The first-order valence-corrected chi connectivity index (χ1v) is 8.08. The van der Waals surface area contributed by atoms with Crippen molar-refractivity contribution in [2.24, 2.45) is 5.92 Å². The van der Waals surface area contributed by atoms with Gasteiger partial charge in [-0.2, -0.15) is 0 Å². The van der Waals surface area contributed by atoms with Crippen molar-refractivity contribution in [1.29, 1.82) is 0 Å². The Morgan fingerprint density at radius 3 is 2.86 bits per heavy atom. The maximum absolute atomic E-state index is 12.1. The van der Waals surface area contributed by atoms with E-state index < -0.39 is 0 Å². The average molecular weight is 309 g/mol. The van der Waals surface area contributed by atoms with Gasteiger partial charge in [-0.15, -0.1) is 17.9 Å². The standard InChI is InChI=1S/C15H23N3O2S/c1-3-8-17-14(19)13-11(16)12(20-2)15(21-13)18-9-10-6-4-5-7-10/h3,10,18H,1,4-9,16H2,2H3,(H,17,19). The first-order valence-electron chi connectivity index (χ1n) is 7.26. The molecule has 1 aliphatic rings. The highest BCUT2D eigenvalue weighted by Crippen LogP contribution is 2.42. The zero-order chi connectivity index (χ0) is 15.2. The van der Waals surface area contributed by atoms with Gasteiger partial charge < -0.3 is 21.1 Å². The van der Waals surface area contributed by atoms with Crippen LogP contribution in [0.3, 0.4) is 0 Å². The predicted molar refractivity (Wildman–Crippen MR) is 88.3 cm³/mol. The van der Waals surface area contributed by atoms with E-state index in [4.69, 9.17) is 10.5 Å². The molecule has 1 fully saturated rings. The smallest absolute Gasteiger partial charge is 0.263 e. The van der Waals surface area contributed by atoms with Gasteiger partial charge in [0, 0.05) is 13.1 Å². The molecule has 0 saturated heterocycles. The van der Waals surface area contributed by atoms with Gasteiger partial charge >= 0.3 is 0 Å². The molecule has 5 nitrogen and oxygen atoms in total. The Balaban J connectivity index is 2.08. The monoisotopic (exact) mass is 309 g/mol. The van der Waals surface area contributed by atoms with Crippen LogP contribution in [0.4, 0.5) is 10.7 Å². The van der Waals surface area contributed by atoms with E-state index in [0.717, 1.165) is 11.5 Å². The number of anilines is 2. The van der Waals surface area contributed by atoms with Crippen LogP contribution >= 0.6 is 11.3 Å². The van der Waals surface area contributed by atoms with Gasteiger partial charge in [0.05, 0.1) is 7.11 Å². The van der Waals surface area contributed by atoms with E-state index in [0.29, 0.717) is 28.8 Å². The van der Waals surface area contributed by atoms with Gasteiger partial charge in [0.25, 0.3) is 5.91 Å². The number of hydrogen-bond donors (Lipinski definition) is 3. The van der Waals surface area contributed by atoms with Gasteiger partial charge in [-0.05, 0) is 18.8 Å². The Bertz CT molecular complexity index is 507. The summed E-state index contributed by atoms with van der Waals surface area (Å²) in [5.74, 6) is 1.09. The number of nitrogen functional groups attached to an aromatic ring is 1. The molecule has 1 heterocycles. The molecule has 0 radical (unpaired) electrons. The maximum Gasteiger partial charge on any atom is 0.263 e. The lowest BCUT2D eigenvalue weighted by molar-refractivity contribution is 0.0962. The quantitative estimate of drug-likeness (QED) is 0.677. The highest BCUT2D eigenvalue weighted by atomic mass is 32.1. The second-order valence-corrected chi connectivity index (χ2v) is 6.26. The van der Waals surface area contributed by atoms with Crippen LogP contribution < -0.4 is 21.1 Å². The summed E-state index contributed by atoms with van der Waals surface area (Å²) in [4.78, 5) is 12.5. The molecule has 116 valence electrons. The number of methoxy groups -OCH3 is 1. The van der Waals surface area contributed by atoms with Crippen LogP contribution in [0.1, 0.15) is 35.4 Å². The molecule has 2 rings (SSSR count). The van der Waals surface area contributed by atoms with Crippen LogP contribution in [0.2, 0.25) is 0 Å². The molecular weight excluding hydrogens is 286 g/mol. The Hall–Kier alpha value is -1.69. The largest absolute Gasteiger partial charge is 0.492 e. The molecule has 1 amide bonds. The van der Waals surface area contributed by atoms with E-state index in [9.17, 15) is 4.79 Å². The Morgan fingerprint density at radius 1 is 1.52 bits per heavy atom. The predicted octanol–water partition coefficient (Wildman–Crippen LogP) is 2.86. The van der Waals surface area contributed by atoms with Crippen molar-refractivity contribution in [3.63, 3.8) is 0 Å². The van der Waals surface area contributed by atoms with E-state index in [1.54, 1.807) is 13.2 Å². The molecule has 6 heteroatoms. The van der Waals surface area contributed by atoms with Crippen molar-refractivity contribution in [2.45, 2.75) is 25.7 Å². The molecule has 1 aromatic heterocycles. The SMILES string of the molecule is C=CCNC(=O)c1sc(NCC2CCCC2)c(OC)c1N. The number of amides is 1. The van der Waals surface area contributed by atoms with Gasteiger partial charge in [0.1, 0.15) is 15.6 Å². The maximum atomic E-state index is 12.1. The summed E-state index contributed by atoms with van der Waals surface area (Å²) >= 11 is 1.35. The number of carbonyl (C=O) groups is 1. The minimum atomic E-state index is -0.190. The third-order valence-corrected chi connectivity index (χ3v) is 4.89. The van der Waals surface area contributed by atoms with Gasteiger partial charge in [-0.1, -0.05) is 18.9 Å². The number of thiophene rings is 1. The molecule has 1 aliphatic carbocycles. The Labute approximate surface area is 129 Å². The molecule has 1 aromatic rings. The topological polar surface area (TPSA) is 76.4 Å². The van der Waals surface area contributed by atoms with Crippen LogP contribution in [0.5, 0.6) is 5.75 Å². The summed E-state index contributed by atoms with van der Waals surface area (Å²) in [6, 6.07) is 0. The first-order chi connectivity index (χ1) is 10.2. The summed E-state index contributed by atoms with van der Waals surface area (Å²) in [5, 5.41) is 6.97. The van der Waals surface area contributed by atoms with Crippen molar-refractivity contribution in [1.82, 2.24) is 5.32 Å². The third kappa shape index (κ3) is 3.69. The molecule has 1 saturated carbocycles. The number of nitrogens with two attached hydrogens (primary N) is 1. The minimum absolute atomic E-state index is 0.190. The molecule has 21 heavy (non-hydrogen) atoms. The molecule has 0 bridgehead atoms. The molecule has 0 unspecified atom stereocenters. The summed E-state index contributed by atoms with van der Waals surface area (Å²) < 4.78 is 5.35. The van der Waals surface area contributed by atoms with Crippen molar-refractivity contribution in [3.8, 4) is 5.75 Å². The molecular formula is C15H23N3O2S. The fourth-order valence-corrected chi connectivity index (χ4v) is 3.63. The minimum Gasteiger partial charge on any atom is -0.492 e. The normalized spacial score (nSPS) is 14.9. The lowest BCUT2D eigenvalue weighted by atomic mass is 10.1. The van der Waals surface area contributed by atoms with E-state index in [1.165, 1.54) is 37.0 Å². The second kappa shape index (κ2) is 7.36. The molecule has 4 N–H and O–H groups in total. The fourth-order valence-electron chi connectivity index (χ4n) is 2.61. The summed E-state index contributed by atoms with van der Waals surface area (Å²) in [7, 11) is 1.57. The zero-order valence-electron chi connectivity index (χ0n) is 12.4. The number of carbonyl (C=O) groups excluding carboxylic acids is 1. The number of nitrogens with one attached hydrogen (secondary N) is 2. The van der Waals surface area contributed by atoms with Crippen LogP contribution in [0.25, 0.3) is 0 Å². The van der Waals surface area contributed by atoms with Crippen LogP contribution in [-0.4, -0.2) is 26.1 Å². The number of hydrogen-bond acceptors (Lipinski definition) is 5. The van der Waals surface area contributed by atoms with Crippen LogP contribution in [0, 0.1) is 5.92 Å². The van der Waals surface area contributed by atoms with Crippen LogP contribution in [0.15, 0.2) is 12.7 Å². The molecule has 0 aromatic carbocycles. The molecule has 0 atom stereocenters. The summed E-state index contributed by atoms with van der Waals surface area (Å²) in [6.45, 7) is 4.91. The average Bonchev–Trinajstić information content (AvgIpc) is 3.10. The van der Waals surface area contributed by atoms with E-state index in [2.05, 4.69) is 17.2 Å². The van der Waals surface area contributed by atoms with Crippen molar-refractivity contribution >= 4 is 27.9 Å². The van der Waals surface area contributed by atoms with E-state index in [1.807, 2.05) is 0 Å². The van der Waals surface area contributed by atoms with Gasteiger partial charge in [-0.25, -0.2) is 0 Å². The van der Waals surface area contributed by atoms with Gasteiger partial charge in [0.15, 0.2) is 5.75 Å². The molecule has 0 spiro atoms. The molecule has 0 aliphatic heterocycles. The third-order valence-electron chi connectivity index (χ3n) is 3.74. The Morgan fingerprint density at radius 2 is 2.24 bits per heavy atom.